The number of ether oxygens (including phenoxy) is 1. The van der Waals surface area contributed by atoms with E-state index in [1.165, 1.54) is 4.88 Å². The molecule has 3 nitrogen and oxygen atoms in total. The van der Waals surface area contributed by atoms with Crippen molar-refractivity contribution in [2.24, 2.45) is 0 Å². The Balaban J connectivity index is 2.27. The van der Waals surface area contributed by atoms with Gasteiger partial charge in [0.05, 0.1) is 34.0 Å². The second-order valence-corrected chi connectivity index (χ2v) is 7.46. The first-order chi connectivity index (χ1) is 9.42. The van der Waals surface area contributed by atoms with Crippen molar-refractivity contribution in [3.05, 3.63) is 36.7 Å². The minimum atomic E-state index is 0.198. The number of nitrogens with one attached hydrogen (secondary N) is 1. The Hall–Kier alpha value is -0.590. The van der Waals surface area contributed by atoms with Crippen LogP contribution in [0.3, 0.4) is 0 Å². The Bertz CT molecular complexity index is 628. The Labute approximate surface area is 140 Å². The van der Waals surface area contributed by atoms with E-state index in [4.69, 9.17) is 4.74 Å². The summed E-state index contributed by atoms with van der Waals surface area (Å²) in [6.45, 7) is 6.22. The molecule has 1 aromatic carbocycles. The molecular weight excluding hydrogens is 404 g/mol. The van der Waals surface area contributed by atoms with E-state index in [1.54, 1.807) is 18.4 Å². The normalized spacial score (nSPS) is 12.3. The maximum Gasteiger partial charge on any atom is 0.135 e. The number of methoxy groups -OCH3 is 1. The van der Waals surface area contributed by atoms with Crippen LogP contribution in [0.4, 0.5) is 5.69 Å². The van der Waals surface area contributed by atoms with Crippen molar-refractivity contribution >= 4 is 48.9 Å². The predicted molar refractivity (Wildman–Crippen MR) is 92.0 cm³/mol. The molecule has 0 amide bonds. The molecule has 108 valence electrons. The summed E-state index contributed by atoms with van der Waals surface area (Å²) in [5.41, 5.74) is 2.09. The van der Waals surface area contributed by atoms with Crippen LogP contribution >= 0.6 is 43.2 Å². The van der Waals surface area contributed by atoms with Gasteiger partial charge in [-0.25, -0.2) is 4.98 Å². The van der Waals surface area contributed by atoms with E-state index >= 15 is 0 Å². The topological polar surface area (TPSA) is 34.1 Å². The van der Waals surface area contributed by atoms with Gasteiger partial charge < -0.3 is 10.1 Å². The van der Waals surface area contributed by atoms with Gasteiger partial charge in [-0.05, 0) is 58.7 Å². The molecule has 20 heavy (non-hydrogen) atoms. The largest absolute Gasteiger partial charge is 0.495 e. The van der Waals surface area contributed by atoms with Crippen molar-refractivity contribution in [3.63, 3.8) is 0 Å². The van der Waals surface area contributed by atoms with Crippen LogP contribution in [-0.4, -0.2) is 12.1 Å². The van der Waals surface area contributed by atoms with E-state index in [0.717, 1.165) is 31.1 Å². The van der Waals surface area contributed by atoms with Crippen molar-refractivity contribution in [2.45, 2.75) is 26.8 Å². The number of hydrogen-bond acceptors (Lipinski definition) is 4. The molecule has 1 heterocycles. The molecule has 2 aromatic rings. The van der Waals surface area contributed by atoms with Crippen molar-refractivity contribution < 1.29 is 4.74 Å². The van der Waals surface area contributed by atoms with Crippen molar-refractivity contribution in [3.8, 4) is 5.75 Å². The standard InChI is InChI=1S/C14H16Br2N2OS/c1-7-14(20-9(3)17-7)8(2)18-12-6-13(19-4)11(16)5-10(12)15/h5-6,8,18H,1-4H3. The van der Waals surface area contributed by atoms with Gasteiger partial charge in [0.2, 0.25) is 0 Å². The molecule has 0 aliphatic heterocycles. The van der Waals surface area contributed by atoms with E-state index in [1.807, 2.05) is 26.0 Å². The Kier molecular flexibility index (Phi) is 5.09. The number of rotatable bonds is 4. The molecular formula is C14H16Br2N2OS. The first-order valence-corrected chi connectivity index (χ1v) is 8.56. The van der Waals surface area contributed by atoms with Crippen LogP contribution in [0.2, 0.25) is 0 Å². The second-order valence-electron chi connectivity index (χ2n) is 4.52. The molecule has 0 aliphatic rings. The summed E-state index contributed by atoms with van der Waals surface area (Å²) < 4.78 is 7.26. The molecule has 1 atom stereocenters. The van der Waals surface area contributed by atoms with Crippen LogP contribution < -0.4 is 10.1 Å². The molecule has 0 saturated heterocycles. The molecule has 0 aliphatic carbocycles. The number of anilines is 1. The van der Waals surface area contributed by atoms with E-state index in [2.05, 4.69) is 49.1 Å². The third-order valence-corrected chi connectivity index (χ3v) is 5.48. The number of hydrogen-bond donors (Lipinski definition) is 1. The third kappa shape index (κ3) is 3.35. The van der Waals surface area contributed by atoms with Crippen LogP contribution in [-0.2, 0) is 0 Å². The van der Waals surface area contributed by atoms with E-state index in [-0.39, 0.29) is 6.04 Å². The van der Waals surface area contributed by atoms with Crippen LogP contribution in [0, 0.1) is 13.8 Å². The highest BCUT2D eigenvalue weighted by Gasteiger charge is 2.15. The van der Waals surface area contributed by atoms with Crippen molar-refractivity contribution in [1.82, 2.24) is 4.98 Å². The number of halogens is 2. The fourth-order valence-corrected chi connectivity index (χ4v) is 4.24. The van der Waals surface area contributed by atoms with E-state index in [9.17, 15) is 0 Å². The van der Waals surface area contributed by atoms with Crippen LogP contribution in [0.1, 0.15) is 28.5 Å². The summed E-state index contributed by atoms with van der Waals surface area (Å²) >= 11 is 8.78. The van der Waals surface area contributed by atoms with Gasteiger partial charge in [0.15, 0.2) is 0 Å². The molecule has 0 fully saturated rings. The lowest BCUT2D eigenvalue weighted by molar-refractivity contribution is 0.412. The molecule has 2 rings (SSSR count). The lowest BCUT2D eigenvalue weighted by Gasteiger charge is -2.17. The van der Waals surface area contributed by atoms with Crippen LogP contribution in [0.5, 0.6) is 5.75 Å². The maximum absolute atomic E-state index is 5.34. The summed E-state index contributed by atoms with van der Waals surface area (Å²) in [6.07, 6.45) is 0. The fourth-order valence-electron chi connectivity index (χ4n) is 2.04. The second kappa shape index (κ2) is 6.45. The lowest BCUT2D eigenvalue weighted by Crippen LogP contribution is -2.07. The van der Waals surface area contributed by atoms with Crippen molar-refractivity contribution in [2.75, 3.05) is 12.4 Å². The minimum Gasteiger partial charge on any atom is -0.495 e. The molecule has 0 spiro atoms. The van der Waals surface area contributed by atoms with Gasteiger partial charge in [0.25, 0.3) is 0 Å². The van der Waals surface area contributed by atoms with Gasteiger partial charge in [-0.3, -0.25) is 0 Å². The van der Waals surface area contributed by atoms with Gasteiger partial charge in [0, 0.05) is 15.4 Å². The number of nitrogens with zero attached hydrogens (tertiary/aromatic N) is 1. The Morgan fingerprint density at radius 1 is 1.25 bits per heavy atom. The maximum atomic E-state index is 5.34. The van der Waals surface area contributed by atoms with Gasteiger partial charge in [0.1, 0.15) is 5.75 Å². The molecule has 0 saturated carbocycles. The third-order valence-electron chi connectivity index (χ3n) is 2.95. The fraction of sp³-hybridized carbons (Fsp3) is 0.357. The summed E-state index contributed by atoms with van der Waals surface area (Å²) in [5.74, 6) is 0.806. The quantitative estimate of drug-likeness (QED) is 0.713. The summed E-state index contributed by atoms with van der Waals surface area (Å²) in [7, 11) is 1.66. The lowest BCUT2D eigenvalue weighted by atomic mass is 10.2. The van der Waals surface area contributed by atoms with Gasteiger partial charge in [-0.15, -0.1) is 11.3 Å². The molecule has 1 N–H and O–H groups in total. The number of benzene rings is 1. The zero-order valence-corrected chi connectivity index (χ0v) is 15.7. The Morgan fingerprint density at radius 3 is 2.50 bits per heavy atom. The van der Waals surface area contributed by atoms with Crippen LogP contribution in [0.25, 0.3) is 0 Å². The number of aromatic nitrogens is 1. The highest BCUT2D eigenvalue weighted by Crippen LogP contribution is 2.37. The summed E-state index contributed by atoms with van der Waals surface area (Å²) in [5, 5.41) is 4.60. The zero-order valence-electron chi connectivity index (χ0n) is 11.8. The average Bonchev–Trinajstić information content (AvgIpc) is 2.71. The minimum absolute atomic E-state index is 0.198. The highest BCUT2D eigenvalue weighted by molar-refractivity contribution is 9.11. The molecule has 0 radical (unpaired) electrons. The van der Waals surface area contributed by atoms with Crippen LogP contribution in [0.15, 0.2) is 21.1 Å². The summed E-state index contributed by atoms with van der Waals surface area (Å²) in [6, 6.07) is 4.16. The zero-order chi connectivity index (χ0) is 14.9. The average molecular weight is 420 g/mol. The SMILES string of the molecule is COc1cc(NC(C)c2sc(C)nc2C)c(Br)cc1Br. The van der Waals surface area contributed by atoms with Crippen molar-refractivity contribution in [1.29, 1.82) is 0 Å². The van der Waals surface area contributed by atoms with Gasteiger partial charge >= 0.3 is 0 Å². The predicted octanol–water partition coefficient (Wildman–Crippen LogP) is 5.47. The number of aryl methyl sites for hydroxylation is 2. The Morgan fingerprint density at radius 2 is 1.95 bits per heavy atom. The molecule has 0 bridgehead atoms. The smallest absolute Gasteiger partial charge is 0.135 e. The first-order valence-electron chi connectivity index (χ1n) is 6.16. The summed E-state index contributed by atoms with van der Waals surface area (Å²) in [4.78, 5) is 5.74. The molecule has 6 heteroatoms. The number of thiazole rings is 1. The monoisotopic (exact) mass is 418 g/mol. The van der Waals surface area contributed by atoms with E-state index in [0.29, 0.717) is 0 Å². The molecule has 1 aromatic heterocycles. The van der Waals surface area contributed by atoms with Gasteiger partial charge in [-0.2, -0.15) is 0 Å². The van der Waals surface area contributed by atoms with Gasteiger partial charge in [-0.1, -0.05) is 0 Å². The highest BCUT2D eigenvalue weighted by atomic mass is 79.9. The van der Waals surface area contributed by atoms with E-state index < -0.39 is 0 Å². The molecule has 1 unspecified atom stereocenters. The first kappa shape index (κ1) is 15.8.